The van der Waals surface area contributed by atoms with Crippen molar-refractivity contribution >= 4 is 5.91 Å². The van der Waals surface area contributed by atoms with Gasteiger partial charge in [0.05, 0.1) is 5.69 Å². The first-order chi connectivity index (χ1) is 11.0. The summed E-state index contributed by atoms with van der Waals surface area (Å²) in [6.07, 6.45) is 2.01. The molecule has 5 heteroatoms. The van der Waals surface area contributed by atoms with Crippen molar-refractivity contribution in [2.75, 3.05) is 13.1 Å². The van der Waals surface area contributed by atoms with E-state index < -0.39 is 5.69 Å². The summed E-state index contributed by atoms with van der Waals surface area (Å²) in [5.41, 5.74) is 2.33. The fourth-order valence-corrected chi connectivity index (χ4v) is 2.83. The monoisotopic (exact) mass is 311 g/mol. The molecule has 0 radical (unpaired) electrons. The molecule has 0 saturated carbocycles. The van der Waals surface area contributed by atoms with Crippen LogP contribution >= 0.6 is 0 Å². The second-order valence-corrected chi connectivity index (χ2v) is 6.33. The largest absolute Gasteiger partial charge is 0.346 e. The lowest BCUT2D eigenvalue weighted by molar-refractivity contribution is 0.0690. The summed E-state index contributed by atoms with van der Waals surface area (Å²) in [5, 5.41) is 0. The number of hydrogen-bond donors (Lipinski definition) is 1. The molecule has 1 N–H and O–H groups in total. The number of likely N-dealkylation sites (tertiary alicyclic amines) is 1. The molecule has 1 aliphatic rings. The minimum atomic E-state index is -0.489. The highest BCUT2D eigenvalue weighted by atomic mass is 16.2. The lowest BCUT2D eigenvalue weighted by Crippen LogP contribution is -2.39. The van der Waals surface area contributed by atoms with Crippen molar-refractivity contribution in [2.24, 2.45) is 5.92 Å². The Hall–Kier alpha value is -2.43. The number of rotatable bonds is 2. The molecule has 3 rings (SSSR count). The fourth-order valence-electron chi connectivity index (χ4n) is 2.83. The van der Waals surface area contributed by atoms with Gasteiger partial charge in [-0.1, -0.05) is 36.8 Å². The first-order valence-electron chi connectivity index (χ1n) is 8.00. The number of nitrogens with one attached hydrogen (secondary N) is 1. The Morgan fingerprint density at radius 3 is 2.52 bits per heavy atom. The highest BCUT2D eigenvalue weighted by Gasteiger charge is 2.22. The SMILES string of the molecule is Cc1ccc(-c2cc(C(=O)N3CCC(C)CC3)[nH]c(=O)n2)cc1. The molecule has 0 spiro atoms. The summed E-state index contributed by atoms with van der Waals surface area (Å²) in [4.78, 5) is 32.9. The van der Waals surface area contributed by atoms with Crippen LogP contribution in [0.1, 0.15) is 35.8 Å². The number of aromatic amines is 1. The van der Waals surface area contributed by atoms with Crippen LogP contribution in [0.2, 0.25) is 0 Å². The average molecular weight is 311 g/mol. The molecule has 1 amide bonds. The van der Waals surface area contributed by atoms with Gasteiger partial charge in [-0.25, -0.2) is 4.79 Å². The summed E-state index contributed by atoms with van der Waals surface area (Å²) >= 11 is 0. The number of carbonyl (C=O) groups is 1. The Bertz CT molecular complexity index is 757. The van der Waals surface area contributed by atoms with Gasteiger partial charge < -0.3 is 9.88 Å². The van der Waals surface area contributed by atoms with E-state index in [9.17, 15) is 9.59 Å². The molecule has 0 bridgehead atoms. The van der Waals surface area contributed by atoms with Crippen LogP contribution < -0.4 is 5.69 Å². The number of aromatic nitrogens is 2. The first-order valence-corrected chi connectivity index (χ1v) is 8.00. The zero-order valence-electron chi connectivity index (χ0n) is 13.5. The van der Waals surface area contributed by atoms with Gasteiger partial charge in [0.2, 0.25) is 0 Å². The number of amides is 1. The van der Waals surface area contributed by atoms with Crippen LogP contribution in [0, 0.1) is 12.8 Å². The van der Waals surface area contributed by atoms with Gasteiger partial charge in [-0.2, -0.15) is 4.98 Å². The molecule has 1 aromatic heterocycles. The Labute approximate surface area is 135 Å². The normalized spacial score (nSPS) is 15.7. The van der Waals surface area contributed by atoms with E-state index in [2.05, 4.69) is 16.9 Å². The van der Waals surface area contributed by atoms with Gasteiger partial charge >= 0.3 is 5.69 Å². The minimum absolute atomic E-state index is 0.121. The molecule has 2 aromatic rings. The van der Waals surface area contributed by atoms with Crippen molar-refractivity contribution in [3.05, 3.63) is 52.1 Å². The molecular formula is C18H21N3O2. The third-order valence-corrected chi connectivity index (χ3v) is 4.39. The summed E-state index contributed by atoms with van der Waals surface area (Å²) < 4.78 is 0. The van der Waals surface area contributed by atoms with E-state index in [1.165, 1.54) is 0 Å². The van der Waals surface area contributed by atoms with E-state index in [1.807, 2.05) is 36.1 Å². The van der Waals surface area contributed by atoms with Gasteiger partial charge in [0.15, 0.2) is 0 Å². The molecule has 0 unspecified atom stereocenters. The first kappa shape index (κ1) is 15.5. The van der Waals surface area contributed by atoms with Crippen LogP contribution in [0.15, 0.2) is 35.1 Å². The number of nitrogens with zero attached hydrogens (tertiary/aromatic N) is 2. The molecule has 0 aliphatic carbocycles. The zero-order chi connectivity index (χ0) is 16.4. The lowest BCUT2D eigenvalue weighted by atomic mass is 9.99. The molecule has 1 saturated heterocycles. The predicted molar refractivity (Wildman–Crippen MR) is 89.3 cm³/mol. The molecule has 1 fully saturated rings. The molecule has 23 heavy (non-hydrogen) atoms. The van der Waals surface area contributed by atoms with Crippen LogP contribution in [-0.2, 0) is 0 Å². The molecule has 5 nitrogen and oxygen atoms in total. The maximum absolute atomic E-state index is 12.6. The number of hydrogen-bond acceptors (Lipinski definition) is 3. The van der Waals surface area contributed by atoms with Crippen LogP contribution in [0.25, 0.3) is 11.3 Å². The fraction of sp³-hybridized carbons (Fsp3) is 0.389. The van der Waals surface area contributed by atoms with Gasteiger partial charge in [0.25, 0.3) is 5.91 Å². The topological polar surface area (TPSA) is 66.1 Å². The van der Waals surface area contributed by atoms with E-state index in [4.69, 9.17) is 0 Å². The Morgan fingerprint density at radius 1 is 1.22 bits per heavy atom. The third-order valence-electron chi connectivity index (χ3n) is 4.39. The summed E-state index contributed by atoms with van der Waals surface area (Å²) in [5.74, 6) is 0.531. The summed E-state index contributed by atoms with van der Waals surface area (Å²) in [6.45, 7) is 5.68. The maximum atomic E-state index is 12.6. The van der Waals surface area contributed by atoms with E-state index in [0.29, 0.717) is 17.3 Å². The molecular weight excluding hydrogens is 290 g/mol. The van der Waals surface area contributed by atoms with E-state index in [1.54, 1.807) is 6.07 Å². The Kier molecular flexibility index (Phi) is 4.28. The van der Waals surface area contributed by atoms with Crippen molar-refractivity contribution in [1.29, 1.82) is 0 Å². The number of H-pyrrole nitrogens is 1. The average Bonchev–Trinajstić information content (AvgIpc) is 2.55. The smallest absolute Gasteiger partial charge is 0.337 e. The van der Waals surface area contributed by atoms with Gasteiger partial charge in [-0.3, -0.25) is 4.79 Å². The highest BCUT2D eigenvalue weighted by molar-refractivity contribution is 5.93. The molecule has 120 valence electrons. The van der Waals surface area contributed by atoms with Gasteiger partial charge in [-0.15, -0.1) is 0 Å². The number of benzene rings is 1. The zero-order valence-corrected chi connectivity index (χ0v) is 13.5. The second kappa shape index (κ2) is 6.36. The van der Waals surface area contributed by atoms with Crippen LogP contribution in [0.5, 0.6) is 0 Å². The lowest BCUT2D eigenvalue weighted by Gasteiger charge is -2.30. The quantitative estimate of drug-likeness (QED) is 0.927. The molecule has 2 heterocycles. The molecule has 0 atom stereocenters. The van der Waals surface area contributed by atoms with E-state index >= 15 is 0 Å². The molecule has 1 aromatic carbocycles. The van der Waals surface area contributed by atoms with Crippen molar-refractivity contribution in [1.82, 2.24) is 14.9 Å². The van der Waals surface area contributed by atoms with E-state index in [0.717, 1.165) is 37.1 Å². The number of carbonyl (C=O) groups excluding carboxylic acids is 1. The second-order valence-electron chi connectivity index (χ2n) is 6.33. The van der Waals surface area contributed by atoms with Gasteiger partial charge in [0, 0.05) is 18.7 Å². The number of piperidine rings is 1. The maximum Gasteiger partial charge on any atom is 0.346 e. The van der Waals surface area contributed by atoms with Crippen molar-refractivity contribution < 1.29 is 4.79 Å². The van der Waals surface area contributed by atoms with Gasteiger partial charge in [0.1, 0.15) is 5.69 Å². The minimum Gasteiger partial charge on any atom is -0.337 e. The van der Waals surface area contributed by atoms with Crippen LogP contribution in [0.3, 0.4) is 0 Å². The van der Waals surface area contributed by atoms with Crippen molar-refractivity contribution in [3.63, 3.8) is 0 Å². The van der Waals surface area contributed by atoms with Crippen molar-refractivity contribution in [3.8, 4) is 11.3 Å². The number of aryl methyl sites for hydroxylation is 1. The Balaban J connectivity index is 1.90. The summed E-state index contributed by atoms with van der Waals surface area (Å²) in [6, 6.07) is 9.42. The molecule has 1 aliphatic heterocycles. The summed E-state index contributed by atoms with van der Waals surface area (Å²) in [7, 11) is 0. The standard InChI is InChI=1S/C18H21N3O2/c1-12-3-5-14(6-4-12)15-11-16(20-18(23)19-15)17(22)21-9-7-13(2)8-10-21/h3-6,11,13H,7-10H2,1-2H3,(H,19,20,23). The predicted octanol–water partition coefficient (Wildman–Crippen LogP) is 2.62. The third kappa shape index (κ3) is 3.50. The van der Waals surface area contributed by atoms with Gasteiger partial charge in [-0.05, 0) is 31.7 Å². The van der Waals surface area contributed by atoms with Crippen molar-refractivity contribution in [2.45, 2.75) is 26.7 Å². The van der Waals surface area contributed by atoms with Crippen LogP contribution in [-0.4, -0.2) is 33.9 Å². The highest BCUT2D eigenvalue weighted by Crippen LogP contribution is 2.20. The van der Waals surface area contributed by atoms with E-state index in [-0.39, 0.29) is 5.91 Å². The van der Waals surface area contributed by atoms with Crippen LogP contribution in [0.4, 0.5) is 0 Å². The Morgan fingerprint density at radius 2 is 1.87 bits per heavy atom.